The predicted octanol–water partition coefficient (Wildman–Crippen LogP) is 3.16. The van der Waals surface area contributed by atoms with Crippen LogP contribution in [0.4, 0.5) is 0 Å². The van der Waals surface area contributed by atoms with E-state index in [9.17, 15) is 0 Å². The van der Waals surface area contributed by atoms with Gasteiger partial charge >= 0.3 is 0 Å². The zero-order chi connectivity index (χ0) is 18.2. The lowest BCUT2D eigenvalue weighted by Crippen LogP contribution is -2.24. The van der Waals surface area contributed by atoms with Gasteiger partial charge < -0.3 is 0 Å². The fourth-order valence-corrected chi connectivity index (χ4v) is 3.92. The summed E-state index contributed by atoms with van der Waals surface area (Å²) in [5.74, 6) is 2.48. The molecule has 4 heterocycles. The highest BCUT2D eigenvalue weighted by atomic mass is 15.3. The van der Waals surface area contributed by atoms with Gasteiger partial charge in [0.25, 0.3) is 0 Å². The van der Waals surface area contributed by atoms with Crippen molar-refractivity contribution in [3.05, 3.63) is 66.1 Å². The van der Waals surface area contributed by atoms with E-state index in [0.29, 0.717) is 0 Å². The summed E-state index contributed by atoms with van der Waals surface area (Å²) in [6.45, 7) is 3.76. The highest BCUT2D eigenvalue weighted by Gasteiger charge is 2.30. The predicted molar refractivity (Wildman–Crippen MR) is 102 cm³/mol. The van der Waals surface area contributed by atoms with Gasteiger partial charge in [-0.15, -0.1) is 0 Å². The second kappa shape index (κ2) is 6.59. The highest BCUT2D eigenvalue weighted by molar-refractivity contribution is 5.65. The molecule has 0 aliphatic carbocycles. The minimum absolute atomic E-state index is 0.237. The summed E-state index contributed by atoms with van der Waals surface area (Å²) in [6, 6.07) is 12.5. The van der Waals surface area contributed by atoms with Crippen molar-refractivity contribution < 1.29 is 0 Å². The number of imidazole rings is 1. The van der Waals surface area contributed by atoms with Crippen molar-refractivity contribution >= 4 is 5.78 Å². The Kier molecular flexibility index (Phi) is 3.94. The van der Waals surface area contributed by atoms with Gasteiger partial charge in [-0.05, 0) is 32.4 Å². The molecular weight excluding hydrogens is 338 g/mol. The lowest BCUT2D eigenvalue weighted by atomic mass is 10.1. The van der Waals surface area contributed by atoms with E-state index in [1.54, 1.807) is 6.20 Å². The maximum absolute atomic E-state index is 4.81. The summed E-state index contributed by atoms with van der Waals surface area (Å²) < 4.78 is 2.10. The molecule has 1 aliphatic rings. The van der Waals surface area contributed by atoms with E-state index in [4.69, 9.17) is 4.98 Å². The van der Waals surface area contributed by atoms with Crippen LogP contribution in [-0.4, -0.2) is 41.0 Å². The first-order valence-corrected chi connectivity index (χ1v) is 9.30. The Bertz CT molecular complexity index is 1070. The highest BCUT2D eigenvalue weighted by Crippen LogP contribution is 2.33. The number of nitrogens with zero attached hydrogens (tertiary/aromatic N) is 6. The molecule has 4 aromatic rings. The molecule has 7 heteroatoms. The van der Waals surface area contributed by atoms with Crippen molar-refractivity contribution in [3.8, 4) is 11.3 Å². The van der Waals surface area contributed by atoms with Gasteiger partial charge in [0.2, 0.25) is 5.78 Å². The molecule has 0 radical (unpaired) electrons. The van der Waals surface area contributed by atoms with Gasteiger partial charge in [-0.2, -0.15) is 5.10 Å². The van der Waals surface area contributed by atoms with Crippen molar-refractivity contribution in [2.45, 2.75) is 32.4 Å². The van der Waals surface area contributed by atoms with Crippen LogP contribution in [0.25, 0.3) is 17.0 Å². The Labute approximate surface area is 157 Å². The van der Waals surface area contributed by atoms with Crippen molar-refractivity contribution in [1.29, 1.82) is 0 Å². The molecule has 1 aliphatic heterocycles. The van der Waals surface area contributed by atoms with Crippen molar-refractivity contribution in [1.82, 2.24) is 34.4 Å². The third-order valence-electron chi connectivity index (χ3n) is 5.18. The number of fused-ring (bicyclic) bond motifs is 1. The number of aromatic amines is 1. The van der Waals surface area contributed by atoms with E-state index in [2.05, 4.69) is 41.6 Å². The number of nitrogens with one attached hydrogen (secondary N) is 1. The van der Waals surface area contributed by atoms with Crippen LogP contribution in [0.15, 0.2) is 48.8 Å². The lowest BCUT2D eigenvalue weighted by molar-refractivity contribution is 0.237. The molecule has 1 N–H and O–H groups in total. The first-order valence-electron chi connectivity index (χ1n) is 9.30. The summed E-state index contributed by atoms with van der Waals surface area (Å²) in [7, 11) is 0. The Morgan fingerprint density at radius 1 is 1.15 bits per heavy atom. The van der Waals surface area contributed by atoms with Crippen LogP contribution in [0.3, 0.4) is 0 Å². The molecule has 0 bridgehead atoms. The van der Waals surface area contributed by atoms with Crippen molar-refractivity contribution in [2.24, 2.45) is 0 Å². The third kappa shape index (κ3) is 2.90. The molecule has 1 unspecified atom stereocenters. The second-order valence-corrected chi connectivity index (χ2v) is 6.97. The maximum atomic E-state index is 4.81. The van der Waals surface area contributed by atoms with Gasteiger partial charge in [0.1, 0.15) is 5.82 Å². The molecule has 1 atom stereocenters. The minimum atomic E-state index is 0.237. The van der Waals surface area contributed by atoms with Crippen LogP contribution < -0.4 is 0 Å². The van der Waals surface area contributed by atoms with E-state index in [0.717, 1.165) is 60.3 Å². The summed E-state index contributed by atoms with van der Waals surface area (Å²) >= 11 is 0. The Balaban J connectivity index is 1.56. The normalized spacial score (nSPS) is 17.7. The number of benzene rings is 1. The number of hydrogen-bond acceptors (Lipinski definition) is 5. The van der Waals surface area contributed by atoms with Gasteiger partial charge in [-0.3, -0.25) is 14.4 Å². The van der Waals surface area contributed by atoms with Crippen LogP contribution in [0.2, 0.25) is 0 Å². The molecule has 7 nitrogen and oxygen atoms in total. The molecule has 1 fully saturated rings. The molecular formula is C20H21N7. The Hall–Kier alpha value is -3.06. The van der Waals surface area contributed by atoms with E-state index in [1.807, 2.05) is 37.4 Å². The van der Waals surface area contributed by atoms with Crippen LogP contribution in [-0.2, 0) is 6.54 Å². The second-order valence-electron chi connectivity index (χ2n) is 6.97. The number of aryl methyl sites for hydroxylation is 1. The molecule has 0 saturated carbocycles. The van der Waals surface area contributed by atoms with Gasteiger partial charge in [0, 0.05) is 24.5 Å². The van der Waals surface area contributed by atoms with E-state index >= 15 is 0 Å². The minimum Gasteiger partial charge on any atom is -0.287 e. The van der Waals surface area contributed by atoms with Crippen LogP contribution >= 0.6 is 0 Å². The molecule has 136 valence electrons. The molecule has 1 aromatic carbocycles. The largest absolute Gasteiger partial charge is 0.287 e. The molecule has 1 saturated heterocycles. The van der Waals surface area contributed by atoms with Gasteiger partial charge in [0.05, 0.1) is 17.4 Å². The Morgan fingerprint density at radius 2 is 2.04 bits per heavy atom. The molecule has 3 aromatic heterocycles. The summed E-state index contributed by atoms with van der Waals surface area (Å²) in [6.07, 6.45) is 6.05. The fourth-order valence-electron chi connectivity index (χ4n) is 3.92. The number of rotatable bonds is 4. The molecule has 5 rings (SSSR count). The lowest BCUT2D eigenvalue weighted by Gasteiger charge is -2.22. The van der Waals surface area contributed by atoms with Gasteiger partial charge in [0.15, 0.2) is 5.82 Å². The first-order chi connectivity index (χ1) is 13.3. The third-order valence-corrected chi connectivity index (χ3v) is 5.18. The van der Waals surface area contributed by atoms with E-state index in [1.165, 1.54) is 0 Å². The van der Waals surface area contributed by atoms with Gasteiger partial charge in [-0.1, -0.05) is 30.3 Å². The number of aromatic nitrogens is 6. The van der Waals surface area contributed by atoms with Crippen molar-refractivity contribution in [2.75, 3.05) is 6.54 Å². The SMILES string of the molecule is Cc1nc(C2CCCN2Cc2c(-c3ccccc3)nc3ncccn23)n[nH]1. The quantitative estimate of drug-likeness (QED) is 0.606. The standard InChI is InChI=1S/C20H21N7/c1-14-22-19(25-24-14)16-9-5-11-26(16)13-17-18(15-7-3-2-4-8-15)23-20-21-10-6-12-27(17)20/h2-4,6-8,10,12,16H,5,9,11,13H2,1H3,(H,22,24,25). The average Bonchev–Trinajstić information content (AvgIpc) is 3.42. The Morgan fingerprint density at radius 3 is 2.85 bits per heavy atom. The van der Waals surface area contributed by atoms with Crippen LogP contribution in [0.5, 0.6) is 0 Å². The monoisotopic (exact) mass is 359 g/mol. The summed E-state index contributed by atoms with van der Waals surface area (Å²) in [4.78, 5) is 16.3. The summed E-state index contributed by atoms with van der Waals surface area (Å²) in [5.41, 5.74) is 3.26. The van der Waals surface area contributed by atoms with E-state index in [-0.39, 0.29) is 6.04 Å². The maximum Gasteiger partial charge on any atom is 0.234 e. The topological polar surface area (TPSA) is 75.0 Å². The van der Waals surface area contributed by atoms with Gasteiger partial charge in [-0.25, -0.2) is 15.0 Å². The number of hydrogen-bond donors (Lipinski definition) is 1. The molecule has 27 heavy (non-hydrogen) atoms. The van der Waals surface area contributed by atoms with Crippen LogP contribution in [0.1, 0.15) is 36.2 Å². The smallest absolute Gasteiger partial charge is 0.234 e. The zero-order valence-electron chi connectivity index (χ0n) is 15.2. The number of likely N-dealkylation sites (tertiary alicyclic amines) is 1. The summed E-state index contributed by atoms with van der Waals surface area (Å²) in [5, 5.41) is 7.38. The van der Waals surface area contributed by atoms with Crippen molar-refractivity contribution in [3.63, 3.8) is 0 Å². The van der Waals surface area contributed by atoms with Crippen LogP contribution in [0, 0.1) is 6.92 Å². The average molecular weight is 359 g/mol. The molecule has 0 amide bonds. The zero-order valence-corrected chi connectivity index (χ0v) is 15.2. The fraction of sp³-hybridized carbons (Fsp3) is 0.300. The molecule has 0 spiro atoms. The first kappa shape index (κ1) is 16.1. The van der Waals surface area contributed by atoms with E-state index < -0.39 is 0 Å². The number of H-pyrrole nitrogens is 1.